The van der Waals surface area contributed by atoms with E-state index in [0.29, 0.717) is 12.2 Å². The number of anilines is 1. The first-order chi connectivity index (χ1) is 8.40. The first-order valence-corrected chi connectivity index (χ1v) is 7.12. The van der Waals surface area contributed by atoms with Gasteiger partial charge in [0.1, 0.15) is 6.61 Å². The predicted octanol–water partition coefficient (Wildman–Crippen LogP) is 0.321. The third-order valence-corrected chi connectivity index (χ3v) is 2.60. The van der Waals surface area contributed by atoms with Crippen LogP contribution >= 0.6 is 0 Å². The number of benzene rings is 1. The van der Waals surface area contributed by atoms with Gasteiger partial charge in [-0.3, -0.25) is 9.52 Å². The van der Waals surface area contributed by atoms with E-state index in [9.17, 15) is 13.2 Å². The highest BCUT2D eigenvalue weighted by molar-refractivity contribution is 7.92. The van der Waals surface area contributed by atoms with Crippen molar-refractivity contribution in [1.82, 2.24) is 5.32 Å². The molecule has 0 atom stereocenters. The van der Waals surface area contributed by atoms with Crippen molar-refractivity contribution in [2.75, 3.05) is 24.7 Å². The maximum Gasteiger partial charge on any atom is 0.246 e. The van der Waals surface area contributed by atoms with Crippen molar-refractivity contribution < 1.29 is 17.9 Å². The summed E-state index contributed by atoms with van der Waals surface area (Å²) in [4.78, 5) is 11.2. The minimum absolute atomic E-state index is 0.00127. The lowest BCUT2D eigenvalue weighted by molar-refractivity contribution is -0.124. The van der Waals surface area contributed by atoms with Crippen molar-refractivity contribution in [3.63, 3.8) is 0 Å². The van der Waals surface area contributed by atoms with Crippen LogP contribution in [0.4, 0.5) is 5.69 Å². The summed E-state index contributed by atoms with van der Waals surface area (Å²) in [6.07, 6.45) is 1.08. The average Bonchev–Trinajstić information content (AvgIpc) is 2.25. The highest BCUT2D eigenvalue weighted by Gasteiger charge is 2.04. The number of ether oxygens (including phenoxy) is 1. The first kappa shape index (κ1) is 14.5. The lowest BCUT2D eigenvalue weighted by Gasteiger charge is -2.07. The van der Waals surface area contributed by atoms with E-state index < -0.39 is 10.0 Å². The van der Waals surface area contributed by atoms with Gasteiger partial charge in [0, 0.05) is 19.3 Å². The molecule has 7 heteroatoms. The van der Waals surface area contributed by atoms with E-state index in [4.69, 9.17) is 0 Å². The second kappa shape index (κ2) is 6.36. The van der Waals surface area contributed by atoms with Crippen LogP contribution in [-0.4, -0.2) is 34.3 Å². The Labute approximate surface area is 106 Å². The second-order valence-electron chi connectivity index (χ2n) is 3.78. The number of hydrogen-bond donors (Lipinski definition) is 2. The fourth-order valence-corrected chi connectivity index (χ4v) is 1.90. The van der Waals surface area contributed by atoms with Crippen LogP contribution in [0.25, 0.3) is 0 Å². The number of rotatable bonds is 6. The largest absolute Gasteiger partial charge is 0.375 e. The number of nitrogens with one attached hydrogen (secondary N) is 2. The monoisotopic (exact) mass is 272 g/mol. The number of methoxy groups -OCH3 is 1. The van der Waals surface area contributed by atoms with Crippen LogP contribution in [0.3, 0.4) is 0 Å². The highest BCUT2D eigenvalue weighted by Crippen LogP contribution is 2.11. The lowest BCUT2D eigenvalue weighted by Crippen LogP contribution is -2.26. The van der Waals surface area contributed by atoms with Gasteiger partial charge in [-0.2, -0.15) is 0 Å². The topological polar surface area (TPSA) is 84.5 Å². The van der Waals surface area contributed by atoms with Gasteiger partial charge < -0.3 is 10.1 Å². The molecule has 1 aromatic rings. The van der Waals surface area contributed by atoms with E-state index in [1.54, 1.807) is 24.3 Å². The van der Waals surface area contributed by atoms with Crippen LogP contribution in [0.5, 0.6) is 0 Å². The summed E-state index contributed by atoms with van der Waals surface area (Å²) >= 11 is 0. The molecule has 1 amide bonds. The molecule has 0 saturated heterocycles. The summed E-state index contributed by atoms with van der Waals surface area (Å²) in [7, 11) is -1.85. The van der Waals surface area contributed by atoms with Gasteiger partial charge in [0.05, 0.1) is 6.26 Å². The van der Waals surface area contributed by atoms with Gasteiger partial charge in [-0.05, 0) is 17.7 Å². The van der Waals surface area contributed by atoms with E-state index in [2.05, 4.69) is 14.8 Å². The zero-order valence-electron chi connectivity index (χ0n) is 10.3. The Balaban J connectivity index is 2.62. The summed E-state index contributed by atoms with van der Waals surface area (Å²) < 4.78 is 29.2. The standard InChI is InChI=1S/C11H16N2O4S/c1-17-8-11(14)12-7-9-4-3-5-10(6-9)13-18(2,15)16/h3-6,13H,7-8H2,1-2H3,(H,12,14). The summed E-state index contributed by atoms with van der Waals surface area (Å²) in [5.41, 5.74) is 1.27. The van der Waals surface area contributed by atoms with E-state index in [1.165, 1.54) is 7.11 Å². The Morgan fingerprint density at radius 2 is 2.11 bits per heavy atom. The lowest BCUT2D eigenvalue weighted by atomic mass is 10.2. The smallest absolute Gasteiger partial charge is 0.246 e. The Kier molecular flexibility index (Phi) is 5.11. The van der Waals surface area contributed by atoms with Crippen LogP contribution < -0.4 is 10.0 Å². The van der Waals surface area contributed by atoms with E-state index >= 15 is 0 Å². The third kappa shape index (κ3) is 5.65. The minimum atomic E-state index is -3.29. The van der Waals surface area contributed by atoms with Crippen molar-refractivity contribution in [2.45, 2.75) is 6.54 Å². The molecule has 0 aromatic heterocycles. The third-order valence-electron chi connectivity index (χ3n) is 2.00. The van der Waals surface area contributed by atoms with Gasteiger partial charge in [-0.1, -0.05) is 12.1 Å². The first-order valence-electron chi connectivity index (χ1n) is 5.23. The molecule has 0 aliphatic heterocycles. The van der Waals surface area contributed by atoms with Crippen molar-refractivity contribution in [3.05, 3.63) is 29.8 Å². The van der Waals surface area contributed by atoms with Gasteiger partial charge in [0.25, 0.3) is 0 Å². The van der Waals surface area contributed by atoms with E-state index in [1.807, 2.05) is 0 Å². The molecule has 1 rings (SSSR count). The van der Waals surface area contributed by atoms with Crippen LogP contribution in [-0.2, 0) is 26.1 Å². The fourth-order valence-electron chi connectivity index (χ4n) is 1.34. The fraction of sp³-hybridized carbons (Fsp3) is 0.364. The summed E-state index contributed by atoms with van der Waals surface area (Å²) in [5.74, 6) is -0.223. The zero-order chi connectivity index (χ0) is 13.6. The number of carbonyl (C=O) groups is 1. The molecule has 0 aliphatic rings. The average molecular weight is 272 g/mol. The van der Waals surface area contributed by atoms with Gasteiger partial charge in [-0.25, -0.2) is 8.42 Å². The normalized spacial score (nSPS) is 11.0. The molecule has 0 fully saturated rings. The SMILES string of the molecule is COCC(=O)NCc1cccc(NS(C)(=O)=O)c1. The molecular weight excluding hydrogens is 256 g/mol. The molecule has 2 N–H and O–H groups in total. The molecule has 0 heterocycles. The molecule has 0 bridgehead atoms. The maximum atomic E-state index is 11.2. The molecular formula is C11H16N2O4S. The molecule has 0 radical (unpaired) electrons. The minimum Gasteiger partial charge on any atom is -0.375 e. The molecule has 1 aromatic carbocycles. The van der Waals surface area contributed by atoms with Crippen LogP contribution in [0.2, 0.25) is 0 Å². The highest BCUT2D eigenvalue weighted by atomic mass is 32.2. The molecule has 18 heavy (non-hydrogen) atoms. The van der Waals surface area contributed by atoms with Crippen LogP contribution in [0.1, 0.15) is 5.56 Å². The second-order valence-corrected chi connectivity index (χ2v) is 5.53. The number of carbonyl (C=O) groups excluding carboxylic acids is 1. The number of amides is 1. The molecule has 100 valence electrons. The Morgan fingerprint density at radius 3 is 2.72 bits per heavy atom. The molecule has 6 nitrogen and oxygen atoms in total. The van der Waals surface area contributed by atoms with Gasteiger partial charge in [0.2, 0.25) is 15.9 Å². The van der Waals surface area contributed by atoms with Gasteiger partial charge in [0.15, 0.2) is 0 Å². The van der Waals surface area contributed by atoms with Crippen LogP contribution in [0, 0.1) is 0 Å². The van der Waals surface area contributed by atoms with Crippen molar-refractivity contribution >= 4 is 21.6 Å². The van der Waals surface area contributed by atoms with Crippen molar-refractivity contribution in [3.8, 4) is 0 Å². The molecule has 0 aliphatic carbocycles. The molecule has 0 unspecified atom stereocenters. The predicted molar refractivity (Wildman–Crippen MR) is 68.6 cm³/mol. The molecule has 0 spiro atoms. The number of sulfonamides is 1. The quantitative estimate of drug-likeness (QED) is 0.781. The Bertz CT molecular complexity index is 514. The van der Waals surface area contributed by atoms with Crippen LogP contribution in [0.15, 0.2) is 24.3 Å². The zero-order valence-corrected chi connectivity index (χ0v) is 11.1. The van der Waals surface area contributed by atoms with Crippen molar-refractivity contribution in [1.29, 1.82) is 0 Å². The van der Waals surface area contributed by atoms with Gasteiger partial charge >= 0.3 is 0 Å². The van der Waals surface area contributed by atoms with Crippen molar-refractivity contribution in [2.24, 2.45) is 0 Å². The summed E-state index contributed by atoms with van der Waals surface area (Å²) in [5, 5.41) is 2.65. The Morgan fingerprint density at radius 1 is 1.39 bits per heavy atom. The van der Waals surface area contributed by atoms with E-state index in [-0.39, 0.29) is 12.5 Å². The van der Waals surface area contributed by atoms with E-state index in [0.717, 1.165) is 11.8 Å². The summed E-state index contributed by atoms with van der Waals surface area (Å²) in [6, 6.07) is 6.81. The number of hydrogen-bond acceptors (Lipinski definition) is 4. The molecule has 0 saturated carbocycles. The maximum absolute atomic E-state index is 11.2. The Hall–Kier alpha value is -1.60. The van der Waals surface area contributed by atoms with Gasteiger partial charge in [-0.15, -0.1) is 0 Å². The summed E-state index contributed by atoms with van der Waals surface area (Å²) in [6.45, 7) is 0.322.